The van der Waals surface area contributed by atoms with Gasteiger partial charge in [-0.15, -0.1) is 0 Å². The van der Waals surface area contributed by atoms with Gasteiger partial charge in [0.2, 0.25) is 0 Å². The van der Waals surface area contributed by atoms with Gasteiger partial charge in [-0.05, 0) is 13.0 Å². The molecule has 0 spiro atoms. The Hall–Kier alpha value is -1.96. The predicted octanol–water partition coefficient (Wildman–Crippen LogP) is 1.02. The number of nitrogens with zero attached hydrogens (tertiary/aromatic N) is 2. The van der Waals surface area contributed by atoms with Crippen LogP contribution in [-0.2, 0) is 9.84 Å². The molecule has 0 saturated heterocycles. The van der Waals surface area contributed by atoms with Crippen LogP contribution < -0.4 is 5.32 Å². The number of pyridine rings is 1. The summed E-state index contributed by atoms with van der Waals surface area (Å²) >= 11 is 0. The van der Waals surface area contributed by atoms with Gasteiger partial charge in [0.05, 0.1) is 22.8 Å². The number of aryl methyl sites for hydroxylation is 1. The van der Waals surface area contributed by atoms with Crippen LogP contribution in [-0.4, -0.2) is 30.1 Å². The van der Waals surface area contributed by atoms with Crippen molar-refractivity contribution >= 4 is 21.3 Å². The molecule has 0 bridgehead atoms. The van der Waals surface area contributed by atoms with E-state index in [-0.39, 0.29) is 11.4 Å². The molecule has 7 nitrogen and oxygen atoms in total. The van der Waals surface area contributed by atoms with E-state index in [0.29, 0.717) is 11.4 Å². The average Bonchev–Trinajstić information content (AvgIpc) is 2.60. The van der Waals surface area contributed by atoms with E-state index in [0.717, 1.165) is 5.41 Å². The Morgan fingerprint density at radius 2 is 2.28 bits per heavy atom. The summed E-state index contributed by atoms with van der Waals surface area (Å²) in [5.41, 5.74) is 0.414. The lowest BCUT2D eigenvalue weighted by atomic mass is 10.2. The lowest BCUT2D eigenvalue weighted by molar-refractivity contribution is -0.385. The Bertz CT molecular complexity index is 624. The smallest absolute Gasteiger partial charge is 0.277 e. The highest BCUT2D eigenvalue weighted by Crippen LogP contribution is 2.21. The second kappa shape index (κ2) is 4.37. The zero-order valence-corrected chi connectivity index (χ0v) is 10.3. The molecular weight excluding hydrogens is 258 g/mol. The number of rotatable bonds is 3. The zero-order valence-electron chi connectivity index (χ0n) is 9.53. The van der Waals surface area contributed by atoms with Crippen LogP contribution in [0, 0.1) is 17.0 Å². The van der Waals surface area contributed by atoms with Crippen molar-refractivity contribution in [1.29, 1.82) is 0 Å². The van der Waals surface area contributed by atoms with Gasteiger partial charge in [0.25, 0.3) is 5.69 Å². The molecule has 1 aliphatic heterocycles. The van der Waals surface area contributed by atoms with Crippen LogP contribution in [0.3, 0.4) is 0 Å². The fourth-order valence-electron chi connectivity index (χ4n) is 1.64. The molecule has 0 fully saturated rings. The number of nitro groups is 1. The van der Waals surface area contributed by atoms with E-state index >= 15 is 0 Å². The third-order valence-corrected chi connectivity index (χ3v) is 3.93. The predicted molar refractivity (Wildman–Crippen MR) is 66.0 cm³/mol. The van der Waals surface area contributed by atoms with Crippen molar-refractivity contribution in [3.8, 4) is 0 Å². The van der Waals surface area contributed by atoms with Crippen LogP contribution in [0.15, 0.2) is 23.7 Å². The van der Waals surface area contributed by atoms with Crippen LogP contribution in [0.1, 0.15) is 5.56 Å². The van der Waals surface area contributed by atoms with E-state index in [4.69, 9.17) is 0 Å². The minimum absolute atomic E-state index is 0.0441. The van der Waals surface area contributed by atoms with Crippen LogP contribution >= 0.6 is 0 Å². The van der Waals surface area contributed by atoms with Crippen molar-refractivity contribution in [1.82, 2.24) is 4.98 Å². The van der Waals surface area contributed by atoms with Gasteiger partial charge in [-0.3, -0.25) is 10.1 Å². The standard InChI is InChI=1S/C10H11N3O4S/c1-7-5-11-10(4-9(7)13(14)15)12-8-2-3-18(16,17)6-8/h2-5,8H,6H2,1H3,(H,11,12). The van der Waals surface area contributed by atoms with Crippen molar-refractivity contribution in [2.45, 2.75) is 13.0 Å². The van der Waals surface area contributed by atoms with Crippen molar-refractivity contribution in [2.75, 3.05) is 11.1 Å². The Morgan fingerprint density at radius 3 is 2.83 bits per heavy atom. The average molecular weight is 269 g/mol. The molecular formula is C10H11N3O4S. The summed E-state index contributed by atoms with van der Waals surface area (Å²) in [4.78, 5) is 14.2. The molecule has 1 aliphatic rings. The summed E-state index contributed by atoms with van der Waals surface area (Å²) in [6, 6.07) is 0.901. The Morgan fingerprint density at radius 1 is 1.56 bits per heavy atom. The summed E-state index contributed by atoms with van der Waals surface area (Å²) in [7, 11) is -3.15. The minimum atomic E-state index is -3.15. The van der Waals surface area contributed by atoms with E-state index in [1.807, 2.05) is 0 Å². The van der Waals surface area contributed by atoms with Gasteiger partial charge in [-0.1, -0.05) is 0 Å². The molecule has 1 aromatic heterocycles. The summed E-state index contributed by atoms with van der Waals surface area (Å²) in [6.45, 7) is 1.59. The number of sulfone groups is 1. The second-order valence-corrected chi connectivity index (χ2v) is 5.95. The van der Waals surface area contributed by atoms with Gasteiger partial charge in [-0.2, -0.15) is 0 Å². The van der Waals surface area contributed by atoms with Gasteiger partial charge in [0.1, 0.15) is 5.82 Å². The van der Waals surface area contributed by atoms with Crippen molar-refractivity contribution in [3.63, 3.8) is 0 Å². The molecule has 1 unspecified atom stereocenters. The molecule has 0 aliphatic carbocycles. The summed E-state index contributed by atoms with van der Waals surface area (Å²) in [6.07, 6.45) is 2.89. The lowest BCUT2D eigenvalue weighted by Gasteiger charge is -2.10. The fourth-order valence-corrected chi connectivity index (χ4v) is 2.88. The first-order valence-electron chi connectivity index (χ1n) is 5.16. The molecule has 1 N–H and O–H groups in total. The monoisotopic (exact) mass is 269 g/mol. The number of hydrogen-bond donors (Lipinski definition) is 1. The van der Waals surface area contributed by atoms with Gasteiger partial charge in [0, 0.05) is 17.2 Å². The number of nitrogens with one attached hydrogen (secondary N) is 1. The van der Waals surface area contributed by atoms with Crippen molar-refractivity contribution in [2.24, 2.45) is 0 Å². The molecule has 2 heterocycles. The molecule has 96 valence electrons. The largest absolute Gasteiger partial charge is 0.363 e. The molecule has 1 atom stereocenters. The van der Waals surface area contributed by atoms with Crippen LogP contribution in [0.4, 0.5) is 11.5 Å². The Balaban J connectivity index is 2.19. The highest BCUT2D eigenvalue weighted by molar-refractivity contribution is 7.94. The van der Waals surface area contributed by atoms with Crippen molar-refractivity contribution < 1.29 is 13.3 Å². The van der Waals surface area contributed by atoms with Gasteiger partial charge in [-0.25, -0.2) is 13.4 Å². The van der Waals surface area contributed by atoms with Gasteiger partial charge >= 0.3 is 0 Å². The SMILES string of the molecule is Cc1cnc(NC2C=CS(=O)(=O)C2)cc1[N+](=O)[O-]. The van der Waals surface area contributed by atoms with Crippen molar-refractivity contribution in [3.05, 3.63) is 39.4 Å². The molecule has 8 heteroatoms. The normalized spacial score (nSPS) is 20.8. The third-order valence-electron chi connectivity index (χ3n) is 2.53. The number of aromatic nitrogens is 1. The van der Waals surface area contributed by atoms with E-state index in [2.05, 4.69) is 10.3 Å². The van der Waals surface area contributed by atoms with E-state index in [9.17, 15) is 18.5 Å². The molecule has 0 saturated carbocycles. The second-order valence-electron chi connectivity index (χ2n) is 4.02. The third kappa shape index (κ3) is 2.65. The Kier molecular flexibility index (Phi) is 3.04. The highest BCUT2D eigenvalue weighted by atomic mass is 32.2. The molecule has 0 radical (unpaired) electrons. The van der Waals surface area contributed by atoms with Gasteiger partial charge in [0.15, 0.2) is 9.84 Å². The summed E-state index contributed by atoms with van der Waals surface area (Å²) in [5, 5.41) is 14.7. The Labute approximate surface area is 104 Å². The first-order valence-corrected chi connectivity index (χ1v) is 6.87. The number of anilines is 1. The quantitative estimate of drug-likeness (QED) is 0.649. The maximum absolute atomic E-state index is 11.2. The lowest BCUT2D eigenvalue weighted by Crippen LogP contribution is -2.21. The first-order chi connectivity index (χ1) is 8.37. The molecule has 1 aromatic rings. The first kappa shape index (κ1) is 12.5. The minimum Gasteiger partial charge on any atom is -0.363 e. The number of hydrogen-bond acceptors (Lipinski definition) is 6. The summed E-state index contributed by atoms with van der Waals surface area (Å²) in [5.74, 6) is 0.232. The summed E-state index contributed by atoms with van der Waals surface area (Å²) < 4.78 is 22.4. The van der Waals surface area contributed by atoms with Crippen LogP contribution in [0.25, 0.3) is 0 Å². The van der Waals surface area contributed by atoms with Crippen LogP contribution in [0.2, 0.25) is 0 Å². The molecule has 18 heavy (non-hydrogen) atoms. The molecule has 2 rings (SSSR count). The topological polar surface area (TPSA) is 102 Å². The van der Waals surface area contributed by atoms with Gasteiger partial charge < -0.3 is 5.32 Å². The molecule has 0 amide bonds. The molecule has 0 aromatic carbocycles. The van der Waals surface area contributed by atoms with E-state index in [1.54, 1.807) is 6.92 Å². The zero-order chi connectivity index (χ0) is 13.3. The van der Waals surface area contributed by atoms with E-state index < -0.39 is 20.8 Å². The highest BCUT2D eigenvalue weighted by Gasteiger charge is 2.22. The van der Waals surface area contributed by atoms with E-state index in [1.165, 1.54) is 18.3 Å². The fraction of sp³-hybridized carbons (Fsp3) is 0.300. The maximum Gasteiger partial charge on any atom is 0.277 e. The van der Waals surface area contributed by atoms with Crippen LogP contribution in [0.5, 0.6) is 0 Å². The maximum atomic E-state index is 11.2.